The number of ether oxygens (including phenoxy) is 2. The van der Waals surface area contributed by atoms with Gasteiger partial charge in [0.15, 0.2) is 0 Å². The van der Waals surface area contributed by atoms with Gasteiger partial charge in [-0.2, -0.15) is 4.31 Å². The van der Waals surface area contributed by atoms with E-state index in [4.69, 9.17) is 9.47 Å². The summed E-state index contributed by atoms with van der Waals surface area (Å²) in [6.45, 7) is 4.11. The minimum Gasteiger partial charge on any atom is -0.494 e. The van der Waals surface area contributed by atoms with Crippen LogP contribution in [0, 0.1) is 0 Å². The molecular formula is C18H29NO6S. The molecule has 0 spiro atoms. The Bertz CT molecular complexity index is 657. The minimum absolute atomic E-state index is 0.0986. The van der Waals surface area contributed by atoms with Crippen LogP contribution in [0.2, 0.25) is 0 Å². The van der Waals surface area contributed by atoms with Gasteiger partial charge in [-0.25, -0.2) is 8.42 Å². The smallest absolute Gasteiger partial charge is 0.243 e. The molecule has 2 N–H and O–H groups in total. The molecule has 0 amide bonds. The van der Waals surface area contributed by atoms with Gasteiger partial charge in [0.25, 0.3) is 0 Å². The Kier molecular flexibility index (Phi) is 7.42. The van der Waals surface area contributed by atoms with Crippen LogP contribution in [0.15, 0.2) is 29.2 Å². The van der Waals surface area contributed by atoms with Gasteiger partial charge in [0.05, 0.1) is 36.4 Å². The highest BCUT2D eigenvalue weighted by molar-refractivity contribution is 7.89. The third-order valence-electron chi connectivity index (χ3n) is 4.67. The fourth-order valence-corrected chi connectivity index (χ4v) is 4.96. The first-order valence-electron chi connectivity index (χ1n) is 9.02. The van der Waals surface area contributed by atoms with E-state index in [-0.39, 0.29) is 24.0 Å². The molecule has 2 rings (SSSR count). The van der Waals surface area contributed by atoms with Crippen molar-refractivity contribution < 1.29 is 28.1 Å². The number of unbranched alkanes of at least 4 members (excludes halogenated alkanes) is 1. The Hall–Kier alpha value is -1.19. The van der Waals surface area contributed by atoms with E-state index in [1.54, 1.807) is 12.1 Å². The number of aliphatic hydroxyl groups excluding tert-OH is 2. The maximum absolute atomic E-state index is 13.1. The van der Waals surface area contributed by atoms with E-state index < -0.39 is 28.8 Å². The first kappa shape index (κ1) is 21.1. The summed E-state index contributed by atoms with van der Waals surface area (Å²) in [5.74, 6) is 0.587. The Balaban J connectivity index is 2.26. The van der Waals surface area contributed by atoms with Crippen molar-refractivity contribution in [1.82, 2.24) is 4.31 Å². The average molecular weight is 387 g/mol. The SMILES string of the molecule is CCCCO[C@@H]1CN(S(=O)(=O)c2ccc(OCC)cc2)C(CO)(CO)C1. The van der Waals surface area contributed by atoms with E-state index >= 15 is 0 Å². The van der Waals surface area contributed by atoms with Gasteiger partial charge < -0.3 is 19.7 Å². The number of sulfonamides is 1. The van der Waals surface area contributed by atoms with Crippen molar-refractivity contribution in [2.75, 3.05) is 33.0 Å². The van der Waals surface area contributed by atoms with E-state index in [0.29, 0.717) is 19.0 Å². The van der Waals surface area contributed by atoms with Crippen LogP contribution < -0.4 is 4.74 Å². The lowest BCUT2D eigenvalue weighted by Crippen LogP contribution is -2.52. The van der Waals surface area contributed by atoms with Gasteiger partial charge in [-0.3, -0.25) is 0 Å². The number of nitrogens with zero attached hydrogens (tertiary/aromatic N) is 1. The molecule has 1 aliphatic heterocycles. The number of hydrogen-bond donors (Lipinski definition) is 2. The summed E-state index contributed by atoms with van der Waals surface area (Å²) in [7, 11) is -3.89. The monoisotopic (exact) mass is 387 g/mol. The molecule has 0 saturated carbocycles. The van der Waals surface area contributed by atoms with Crippen LogP contribution in [-0.2, 0) is 14.8 Å². The summed E-state index contributed by atoms with van der Waals surface area (Å²) in [5, 5.41) is 19.7. The zero-order chi connectivity index (χ0) is 19.2. The third kappa shape index (κ3) is 4.37. The zero-order valence-corrected chi connectivity index (χ0v) is 16.2. The van der Waals surface area contributed by atoms with Crippen molar-refractivity contribution in [3.8, 4) is 5.75 Å². The second-order valence-electron chi connectivity index (χ2n) is 6.53. The molecule has 1 saturated heterocycles. The zero-order valence-electron chi connectivity index (χ0n) is 15.4. The summed E-state index contributed by atoms with van der Waals surface area (Å²) in [5.41, 5.74) is -1.26. The lowest BCUT2D eigenvalue weighted by Gasteiger charge is -2.33. The van der Waals surface area contributed by atoms with Gasteiger partial charge in [-0.05, 0) is 44.0 Å². The van der Waals surface area contributed by atoms with Gasteiger partial charge in [0, 0.05) is 13.2 Å². The molecule has 1 heterocycles. The van der Waals surface area contributed by atoms with E-state index in [0.717, 1.165) is 12.8 Å². The lowest BCUT2D eigenvalue weighted by molar-refractivity contribution is 0.0395. The highest BCUT2D eigenvalue weighted by Crippen LogP contribution is 2.36. The molecule has 0 aliphatic carbocycles. The Labute approximate surface area is 155 Å². The number of rotatable bonds is 10. The number of aliphatic hydroxyl groups is 2. The minimum atomic E-state index is -3.89. The summed E-state index contributed by atoms with van der Waals surface area (Å²) in [6, 6.07) is 6.15. The molecule has 8 heteroatoms. The predicted molar refractivity (Wildman–Crippen MR) is 97.7 cm³/mol. The topological polar surface area (TPSA) is 96.3 Å². The Morgan fingerprint density at radius 2 is 1.85 bits per heavy atom. The maximum Gasteiger partial charge on any atom is 0.243 e. The first-order valence-corrected chi connectivity index (χ1v) is 10.5. The van der Waals surface area contributed by atoms with Crippen molar-refractivity contribution in [3.63, 3.8) is 0 Å². The molecule has 1 fully saturated rings. The van der Waals surface area contributed by atoms with Crippen LogP contribution in [0.5, 0.6) is 5.75 Å². The van der Waals surface area contributed by atoms with E-state index in [9.17, 15) is 18.6 Å². The van der Waals surface area contributed by atoms with Crippen LogP contribution in [0.1, 0.15) is 33.1 Å². The quantitative estimate of drug-likeness (QED) is 0.589. The van der Waals surface area contributed by atoms with Crippen molar-refractivity contribution in [2.45, 2.75) is 49.6 Å². The van der Waals surface area contributed by atoms with Crippen molar-refractivity contribution in [1.29, 1.82) is 0 Å². The van der Waals surface area contributed by atoms with Gasteiger partial charge in [-0.1, -0.05) is 13.3 Å². The lowest BCUT2D eigenvalue weighted by atomic mass is 9.99. The molecule has 148 valence electrons. The molecule has 1 aromatic rings. The van der Waals surface area contributed by atoms with Gasteiger partial charge in [-0.15, -0.1) is 0 Å². The summed E-state index contributed by atoms with van der Waals surface area (Å²) < 4.78 is 38.5. The van der Waals surface area contributed by atoms with E-state index in [1.165, 1.54) is 16.4 Å². The highest BCUT2D eigenvalue weighted by atomic mass is 32.2. The standard InChI is InChI=1S/C18H29NO6S/c1-3-5-10-25-16-11-18(13-20,14-21)19(12-16)26(22,23)17-8-6-15(7-9-17)24-4-2/h6-9,16,20-21H,3-5,10-14H2,1-2H3/t16-/m0/s1. The third-order valence-corrected chi connectivity index (χ3v) is 6.65. The second kappa shape index (κ2) is 9.14. The Morgan fingerprint density at radius 1 is 1.19 bits per heavy atom. The fourth-order valence-electron chi connectivity index (χ4n) is 3.17. The largest absolute Gasteiger partial charge is 0.494 e. The summed E-state index contributed by atoms with van der Waals surface area (Å²) >= 11 is 0. The molecule has 1 atom stereocenters. The van der Waals surface area contributed by atoms with Crippen molar-refractivity contribution in [2.24, 2.45) is 0 Å². The van der Waals surface area contributed by atoms with E-state index in [1.807, 2.05) is 13.8 Å². The van der Waals surface area contributed by atoms with Gasteiger partial charge in [0.2, 0.25) is 10.0 Å². The molecule has 1 aromatic carbocycles. The van der Waals surface area contributed by atoms with Crippen molar-refractivity contribution in [3.05, 3.63) is 24.3 Å². The molecular weight excluding hydrogens is 358 g/mol. The molecule has 0 radical (unpaired) electrons. The number of benzene rings is 1. The predicted octanol–water partition coefficient (Wildman–Crippen LogP) is 1.39. The van der Waals surface area contributed by atoms with Crippen LogP contribution in [-0.4, -0.2) is 67.6 Å². The summed E-state index contributed by atoms with van der Waals surface area (Å²) in [4.78, 5) is 0.0986. The molecule has 1 aliphatic rings. The number of hydrogen-bond acceptors (Lipinski definition) is 6. The molecule has 0 unspecified atom stereocenters. The maximum atomic E-state index is 13.1. The normalized spacial score (nSPS) is 20.4. The fraction of sp³-hybridized carbons (Fsp3) is 0.667. The highest BCUT2D eigenvalue weighted by Gasteiger charge is 2.51. The van der Waals surface area contributed by atoms with Crippen LogP contribution in [0.4, 0.5) is 0 Å². The first-order chi connectivity index (χ1) is 12.4. The molecule has 7 nitrogen and oxygen atoms in total. The van der Waals surface area contributed by atoms with Crippen LogP contribution >= 0.6 is 0 Å². The molecule has 26 heavy (non-hydrogen) atoms. The van der Waals surface area contributed by atoms with E-state index in [2.05, 4.69) is 0 Å². The van der Waals surface area contributed by atoms with Crippen LogP contribution in [0.3, 0.4) is 0 Å². The summed E-state index contributed by atoms with van der Waals surface area (Å²) in [6.07, 6.45) is 1.78. The van der Waals surface area contributed by atoms with Gasteiger partial charge in [0.1, 0.15) is 5.75 Å². The second-order valence-corrected chi connectivity index (χ2v) is 8.39. The average Bonchev–Trinajstić information content (AvgIpc) is 3.03. The Morgan fingerprint density at radius 3 is 2.38 bits per heavy atom. The molecule has 0 aromatic heterocycles. The van der Waals surface area contributed by atoms with Gasteiger partial charge >= 0.3 is 0 Å². The van der Waals surface area contributed by atoms with Crippen molar-refractivity contribution >= 4 is 10.0 Å². The van der Waals surface area contributed by atoms with Crippen LogP contribution in [0.25, 0.3) is 0 Å². The molecule has 0 bridgehead atoms.